The molecule has 4 aromatic carbocycles. The van der Waals surface area contributed by atoms with Crippen LogP contribution >= 0.6 is 0 Å². The van der Waals surface area contributed by atoms with Gasteiger partial charge in [0.15, 0.2) is 6.04 Å². The highest BCUT2D eigenvalue weighted by Gasteiger charge is 2.43. The monoisotopic (exact) mass is 575 g/mol. The van der Waals surface area contributed by atoms with Gasteiger partial charge in [0.05, 0.1) is 11.4 Å². The van der Waals surface area contributed by atoms with Gasteiger partial charge < -0.3 is 15.5 Å². The molecule has 0 fully saturated rings. The predicted molar refractivity (Wildman–Crippen MR) is 167 cm³/mol. The van der Waals surface area contributed by atoms with E-state index in [1.54, 1.807) is 77.7 Å². The van der Waals surface area contributed by atoms with Crippen molar-refractivity contribution in [1.29, 1.82) is 0 Å². The van der Waals surface area contributed by atoms with Crippen LogP contribution in [-0.4, -0.2) is 47.3 Å². The first-order chi connectivity index (χ1) is 20.8. The van der Waals surface area contributed by atoms with E-state index in [9.17, 15) is 19.2 Å². The van der Waals surface area contributed by atoms with Crippen LogP contribution in [0.1, 0.15) is 19.4 Å². The summed E-state index contributed by atoms with van der Waals surface area (Å²) in [5.74, 6) is -1.65. The molecule has 9 heteroatoms. The molecule has 0 radical (unpaired) electrons. The van der Waals surface area contributed by atoms with Crippen LogP contribution in [0.25, 0.3) is 0 Å². The van der Waals surface area contributed by atoms with Gasteiger partial charge in [-0.2, -0.15) is 0 Å². The molecule has 1 aliphatic heterocycles. The quantitative estimate of drug-likeness (QED) is 0.278. The van der Waals surface area contributed by atoms with Gasteiger partial charge in [0, 0.05) is 24.0 Å². The molecule has 1 atom stereocenters. The smallest absolute Gasteiger partial charge is 0.320 e. The first-order valence-corrected chi connectivity index (χ1v) is 14.1. The third kappa shape index (κ3) is 6.56. The number of benzene rings is 4. The standard InChI is InChI=1S/C34H33N5O4/c1-24(2)37(22-25-14-6-3-7-15-25)30(40)23-38-28-20-12-13-21-29(28)39(27-18-10-5-11-19-27)33(42)31(32(38)41)36-34(43)35-26-16-8-4-9-17-26/h3-21,24,31H,22-23H2,1-2H3,(H2,35,36,43). The number of para-hydroxylation sites is 4. The van der Waals surface area contributed by atoms with Crippen molar-refractivity contribution >= 4 is 46.5 Å². The van der Waals surface area contributed by atoms with Crippen LogP contribution in [-0.2, 0) is 20.9 Å². The van der Waals surface area contributed by atoms with Gasteiger partial charge in [0.2, 0.25) is 5.91 Å². The first kappa shape index (κ1) is 29.1. The van der Waals surface area contributed by atoms with E-state index in [2.05, 4.69) is 10.6 Å². The lowest BCUT2D eigenvalue weighted by Gasteiger charge is -2.31. The normalized spacial score (nSPS) is 14.6. The summed E-state index contributed by atoms with van der Waals surface area (Å²) in [4.78, 5) is 59.8. The summed E-state index contributed by atoms with van der Waals surface area (Å²) in [5.41, 5.74) is 2.78. The Morgan fingerprint density at radius 1 is 0.744 bits per heavy atom. The molecule has 1 unspecified atom stereocenters. The maximum atomic E-state index is 14.2. The van der Waals surface area contributed by atoms with E-state index < -0.39 is 23.9 Å². The van der Waals surface area contributed by atoms with E-state index in [0.29, 0.717) is 29.3 Å². The second-order valence-corrected chi connectivity index (χ2v) is 10.4. The number of carbonyl (C=O) groups excluding carboxylic acids is 4. The SMILES string of the molecule is CC(C)N(Cc1ccccc1)C(=O)CN1C(=O)C(NC(=O)Nc2ccccc2)C(=O)N(c2ccccc2)c2ccccc21. The molecule has 9 nitrogen and oxygen atoms in total. The molecule has 0 aliphatic carbocycles. The van der Waals surface area contributed by atoms with E-state index in [0.717, 1.165) is 5.56 Å². The first-order valence-electron chi connectivity index (χ1n) is 14.1. The highest BCUT2D eigenvalue weighted by atomic mass is 16.2. The van der Waals surface area contributed by atoms with Gasteiger partial charge in [0.25, 0.3) is 11.8 Å². The third-order valence-electron chi connectivity index (χ3n) is 7.15. The molecule has 0 spiro atoms. The zero-order valence-electron chi connectivity index (χ0n) is 24.0. The number of hydrogen-bond acceptors (Lipinski definition) is 4. The number of anilines is 4. The Hall–Kier alpha value is -5.44. The van der Waals surface area contributed by atoms with Crippen molar-refractivity contribution in [2.24, 2.45) is 0 Å². The fraction of sp³-hybridized carbons (Fsp3) is 0.176. The Morgan fingerprint density at radius 3 is 1.93 bits per heavy atom. The van der Waals surface area contributed by atoms with E-state index in [4.69, 9.17) is 0 Å². The van der Waals surface area contributed by atoms with E-state index in [-0.39, 0.29) is 18.5 Å². The molecule has 0 saturated carbocycles. The lowest BCUT2D eigenvalue weighted by molar-refractivity contribution is -0.135. The van der Waals surface area contributed by atoms with Gasteiger partial charge >= 0.3 is 6.03 Å². The molecule has 2 N–H and O–H groups in total. The molecule has 5 amide bonds. The van der Waals surface area contributed by atoms with Gasteiger partial charge in [-0.1, -0.05) is 78.9 Å². The van der Waals surface area contributed by atoms with Gasteiger partial charge in [-0.3, -0.25) is 24.2 Å². The molecular formula is C34H33N5O4. The van der Waals surface area contributed by atoms with E-state index >= 15 is 0 Å². The lowest BCUT2D eigenvalue weighted by atomic mass is 10.1. The maximum Gasteiger partial charge on any atom is 0.320 e. The third-order valence-corrected chi connectivity index (χ3v) is 7.15. The minimum absolute atomic E-state index is 0.155. The number of amides is 5. The highest BCUT2D eigenvalue weighted by Crippen LogP contribution is 2.38. The number of fused-ring (bicyclic) bond motifs is 1. The largest absolute Gasteiger partial charge is 0.334 e. The highest BCUT2D eigenvalue weighted by molar-refractivity contribution is 6.24. The van der Waals surface area contributed by atoms with E-state index in [1.807, 2.05) is 56.3 Å². The van der Waals surface area contributed by atoms with Crippen LogP contribution in [0.5, 0.6) is 0 Å². The van der Waals surface area contributed by atoms with Crippen molar-refractivity contribution in [2.75, 3.05) is 21.7 Å². The number of nitrogens with zero attached hydrogens (tertiary/aromatic N) is 3. The second kappa shape index (κ2) is 13.0. The summed E-state index contributed by atoms with van der Waals surface area (Å²) in [6.07, 6.45) is 0. The second-order valence-electron chi connectivity index (χ2n) is 10.4. The van der Waals surface area contributed by atoms with Gasteiger partial charge in [-0.15, -0.1) is 0 Å². The predicted octanol–water partition coefficient (Wildman–Crippen LogP) is 5.33. The molecule has 0 aromatic heterocycles. The Bertz CT molecular complexity index is 1600. The summed E-state index contributed by atoms with van der Waals surface area (Å²) in [5, 5.41) is 5.26. The van der Waals surface area contributed by atoms with Crippen LogP contribution in [0.3, 0.4) is 0 Å². The summed E-state index contributed by atoms with van der Waals surface area (Å²) in [6.45, 7) is 3.86. The molecule has 218 valence electrons. The molecule has 1 aliphatic rings. The summed E-state index contributed by atoms with van der Waals surface area (Å²) >= 11 is 0. The fourth-order valence-corrected chi connectivity index (χ4v) is 5.02. The van der Waals surface area contributed by atoms with Gasteiger partial charge in [-0.05, 0) is 55.8 Å². The summed E-state index contributed by atoms with van der Waals surface area (Å²) in [6, 6.07) is 31.7. The topological polar surface area (TPSA) is 102 Å². The number of rotatable bonds is 8. The van der Waals surface area contributed by atoms with Crippen LogP contribution < -0.4 is 20.4 Å². The average Bonchev–Trinajstić information content (AvgIpc) is 3.10. The van der Waals surface area contributed by atoms with Crippen molar-refractivity contribution in [1.82, 2.24) is 10.2 Å². The Morgan fingerprint density at radius 2 is 1.30 bits per heavy atom. The van der Waals surface area contributed by atoms with Gasteiger partial charge in [-0.25, -0.2) is 4.79 Å². The number of hydrogen-bond donors (Lipinski definition) is 2. The van der Waals surface area contributed by atoms with Crippen molar-refractivity contribution in [2.45, 2.75) is 32.5 Å². The van der Waals surface area contributed by atoms with Crippen LogP contribution in [0.2, 0.25) is 0 Å². The van der Waals surface area contributed by atoms with Crippen LogP contribution in [0.15, 0.2) is 115 Å². The fourth-order valence-electron chi connectivity index (χ4n) is 5.02. The van der Waals surface area contributed by atoms with Crippen molar-refractivity contribution in [3.8, 4) is 0 Å². The lowest BCUT2D eigenvalue weighted by Crippen LogP contribution is -2.57. The molecule has 0 bridgehead atoms. The van der Waals surface area contributed by atoms with E-state index in [1.165, 1.54) is 9.80 Å². The minimum atomic E-state index is -1.61. The molecule has 1 heterocycles. The average molecular weight is 576 g/mol. The minimum Gasteiger partial charge on any atom is -0.334 e. The Balaban J connectivity index is 1.52. The van der Waals surface area contributed by atoms with Crippen molar-refractivity contribution in [3.63, 3.8) is 0 Å². The zero-order valence-corrected chi connectivity index (χ0v) is 24.0. The summed E-state index contributed by atoms with van der Waals surface area (Å²) in [7, 11) is 0. The van der Waals surface area contributed by atoms with Crippen molar-refractivity contribution in [3.05, 3.63) is 121 Å². The summed E-state index contributed by atoms with van der Waals surface area (Å²) < 4.78 is 0. The zero-order chi connectivity index (χ0) is 30.3. The van der Waals surface area contributed by atoms with Gasteiger partial charge in [0.1, 0.15) is 6.54 Å². The van der Waals surface area contributed by atoms with Crippen LogP contribution in [0, 0.1) is 0 Å². The number of nitrogens with one attached hydrogen (secondary N) is 2. The molecule has 5 rings (SSSR count). The number of carbonyl (C=O) groups is 4. The Kier molecular flexibility index (Phi) is 8.81. The molecule has 4 aromatic rings. The molecular weight excluding hydrogens is 542 g/mol. The van der Waals surface area contributed by atoms with Crippen LogP contribution in [0.4, 0.5) is 27.5 Å². The maximum absolute atomic E-state index is 14.2. The molecule has 43 heavy (non-hydrogen) atoms. The van der Waals surface area contributed by atoms with Crippen molar-refractivity contribution < 1.29 is 19.2 Å². The Labute approximate surface area is 250 Å². The molecule has 0 saturated heterocycles. The number of urea groups is 1.